The molecule has 49 heavy (non-hydrogen) atoms. The molecule has 0 radical (unpaired) electrons. The molecule has 0 unspecified atom stereocenters. The third kappa shape index (κ3) is 6.32. The Hall–Kier alpha value is -3.94. The number of carboxylic acid groups (broad SMARTS) is 1. The molecular weight excluding hydrogens is 685 g/mol. The van der Waals surface area contributed by atoms with E-state index in [0.717, 1.165) is 53.6 Å². The van der Waals surface area contributed by atoms with Crippen LogP contribution in [0.15, 0.2) is 47.4 Å². The van der Waals surface area contributed by atoms with Crippen molar-refractivity contribution >= 4 is 62.3 Å². The van der Waals surface area contributed by atoms with Gasteiger partial charge in [-0.3, -0.25) is 4.68 Å². The van der Waals surface area contributed by atoms with Crippen molar-refractivity contribution in [2.45, 2.75) is 57.0 Å². The van der Waals surface area contributed by atoms with E-state index >= 15 is 0 Å². The van der Waals surface area contributed by atoms with Gasteiger partial charge >= 0.3 is 5.97 Å². The van der Waals surface area contributed by atoms with Crippen LogP contribution < -0.4 is 10.1 Å². The van der Waals surface area contributed by atoms with Gasteiger partial charge in [-0.15, -0.1) is 23.1 Å². The molecule has 0 amide bonds. The Kier molecular flexibility index (Phi) is 9.42. The molecule has 9 nitrogen and oxygen atoms in total. The summed E-state index contributed by atoms with van der Waals surface area (Å²) in [6.07, 6.45) is 0.994. The van der Waals surface area contributed by atoms with Crippen LogP contribution in [0.25, 0.3) is 32.8 Å². The molecule has 0 saturated carbocycles. The molecule has 0 fully saturated rings. The SMILES string of the molecule is Cc1nc2sc1CSc1cc(c3ccc(F)cc3c1)OCCCc1c(C(=O)O)n(C)c3c(c(Cl)ccc13)-c1c(C)nn(CCO)c1CNC2. The van der Waals surface area contributed by atoms with Crippen LogP contribution in [-0.4, -0.2) is 48.7 Å². The van der Waals surface area contributed by atoms with Crippen LogP contribution in [0.3, 0.4) is 0 Å². The Morgan fingerprint density at radius 3 is 2.71 bits per heavy atom. The number of carbonyl (C=O) groups is 1. The van der Waals surface area contributed by atoms with E-state index in [1.807, 2.05) is 38.1 Å². The molecule has 6 aromatic rings. The lowest BCUT2D eigenvalue weighted by Crippen LogP contribution is -2.18. The van der Waals surface area contributed by atoms with Crippen molar-refractivity contribution in [1.29, 1.82) is 0 Å². The minimum atomic E-state index is -1.03. The number of thiazole rings is 1. The number of aromatic nitrogens is 4. The van der Waals surface area contributed by atoms with Crippen LogP contribution in [0, 0.1) is 19.7 Å². The van der Waals surface area contributed by atoms with Crippen molar-refractivity contribution < 1.29 is 24.1 Å². The predicted molar refractivity (Wildman–Crippen MR) is 193 cm³/mol. The fourth-order valence-corrected chi connectivity index (χ4v) is 9.23. The average Bonchev–Trinajstić information content (AvgIpc) is 3.67. The molecule has 7 rings (SSSR count). The Morgan fingerprint density at radius 1 is 1.10 bits per heavy atom. The first kappa shape index (κ1) is 33.6. The first-order valence-corrected chi connectivity index (χ1v) is 18.2. The minimum absolute atomic E-state index is 0.0925. The summed E-state index contributed by atoms with van der Waals surface area (Å²) in [5, 5.41) is 32.4. The van der Waals surface area contributed by atoms with E-state index in [0.29, 0.717) is 72.3 Å². The molecule has 1 aliphatic rings. The number of benzene rings is 3. The maximum atomic E-state index is 14.3. The Labute approximate surface area is 295 Å². The lowest BCUT2D eigenvalue weighted by molar-refractivity contribution is 0.0685. The van der Waals surface area contributed by atoms with Crippen molar-refractivity contribution in [3.8, 4) is 16.9 Å². The molecule has 1 aliphatic heterocycles. The fraction of sp³-hybridized carbons (Fsp3) is 0.306. The standard InChI is InChI=1S/C36H35ClFN5O4S2/c1-19-30-18-48-23-14-21-13-22(38)6-7-24(21)29(15-23)47-12-4-5-25-26-8-9-27(37)33(34(26)42(3)35(25)36(45)46)32-20(2)41-43(10-11-44)28(32)16-39-17-31(40-19)49-30/h6-9,13-15,39,44H,4-5,10-12,16-18H2,1-3H3,(H,45,46). The molecule has 3 aromatic heterocycles. The third-order valence-corrected chi connectivity index (χ3v) is 11.6. The number of nitrogens with one attached hydrogen (secondary N) is 1. The lowest BCUT2D eigenvalue weighted by Gasteiger charge is -2.14. The summed E-state index contributed by atoms with van der Waals surface area (Å²) in [7, 11) is 1.76. The van der Waals surface area contributed by atoms with Crippen molar-refractivity contribution in [2.75, 3.05) is 13.2 Å². The second-order valence-corrected chi connectivity index (χ2v) is 14.7. The van der Waals surface area contributed by atoms with E-state index in [4.69, 9.17) is 26.4 Å². The van der Waals surface area contributed by atoms with Gasteiger partial charge in [-0.05, 0) is 74.0 Å². The van der Waals surface area contributed by atoms with Gasteiger partial charge in [0.25, 0.3) is 0 Å². The molecule has 0 atom stereocenters. The molecule has 0 saturated heterocycles. The van der Waals surface area contributed by atoms with Gasteiger partial charge in [-0.1, -0.05) is 17.7 Å². The number of aliphatic hydroxyl groups excluding tert-OH is 1. The second-order valence-electron chi connectivity index (χ2n) is 12.1. The summed E-state index contributed by atoms with van der Waals surface area (Å²) in [5.41, 5.74) is 5.64. The van der Waals surface area contributed by atoms with Gasteiger partial charge in [-0.25, -0.2) is 14.2 Å². The summed E-state index contributed by atoms with van der Waals surface area (Å²) >= 11 is 10.3. The normalized spacial score (nSPS) is 14.2. The number of aromatic carboxylic acids is 1. The van der Waals surface area contributed by atoms with Gasteiger partial charge in [0.05, 0.1) is 47.4 Å². The van der Waals surface area contributed by atoms with Crippen molar-refractivity contribution in [1.82, 2.24) is 24.6 Å². The van der Waals surface area contributed by atoms with Gasteiger partial charge in [-0.2, -0.15) is 5.10 Å². The van der Waals surface area contributed by atoms with E-state index in [9.17, 15) is 19.4 Å². The van der Waals surface area contributed by atoms with E-state index < -0.39 is 5.97 Å². The monoisotopic (exact) mass is 719 g/mol. The fourth-order valence-electron chi connectivity index (χ4n) is 6.83. The number of ether oxygens (including phenoxy) is 1. The Morgan fingerprint density at radius 2 is 1.92 bits per heavy atom. The Balaban J connectivity index is 1.37. The van der Waals surface area contributed by atoms with Gasteiger partial charge in [0.2, 0.25) is 0 Å². The highest BCUT2D eigenvalue weighted by Gasteiger charge is 2.27. The predicted octanol–water partition coefficient (Wildman–Crippen LogP) is 7.66. The molecule has 254 valence electrons. The summed E-state index contributed by atoms with van der Waals surface area (Å²) in [6.45, 7) is 5.39. The van der Waals surface area contributed by atoms with Crippen LogP contribution in [0.2, 0.25) is 5.02 Å². The van der Waals surface area contributed by atoms with E-state index in [2.05, 4.69) is 5.32 Å². The topological polar surface area (TPSA) is 114 Å². The third-order valence-electron chi connectivity index (χ3n) is 8.96. The van der Waals surface area contributed by atoms with E-state index in [1.165, 1.54) is 12.1 Å². The molecule has 0 aliphatic carbocycles. The van der Waals surface area contributed by atoms with Crippen molar-refractivity contribution in [3.05, 3.63) is 91.5 Å². The maximum Gasteiger partial charge on any atom is 0.352 e. The number of nitrogens with zero attached hydrogens (tertiary/aromatic N) is 4. The number of fused-ring (bicyclic) bond motifs is 8. The van der Waals surface area contributed by atoms with Crippen molar-refractivity contribution in [2.24, 2.45) is 7.05 Å². The molecule has 3 aromatic carbocycles. The highest BCUT2D eigenvalue weighted by molar-refractivity contribution is 7.98. The first-order chi connectivity index (χ1) is 23.6. The van der Waals surface area contributed by atoms with Crippen LogP contribution in [0.1, 0.15) is 49.4 Å². The zero-order valence-electron chi connectivity index (χ0n) is 27.3. The van der Waals surface area contributed by atoms with Gasteiger partial charge in [0.15, 0.2) is 0 Å². The number of aryl methyl sites for hydroxylation is 4. The second kappa shape index (κ2) is 13.8. The maximum absolute atomic E-state index is 14.3. The quantitative estimate of drug-likeness (QED) is 0.171. The van der Waals surface area contributed by atoms with Gasteiger partial charge in [0.1, 0.15) is 22.3 Å². The summed E-state index contributed by atoms with van der Waals surface area (Å²) < 4.78 is 24.2. The molecule has 13 heteroatoms. The molecular formula is C36H35ClFN5O4S2. The Bertz CT molecular complexity index is 2240. The summed E-state index contributed by atoms with van der Waals surface area (Å²) in [5.74, 6) is 0.0144. The number of carboxylic acids is 1. The average molecular weight is 720 g/mol. The zero-order chi connectivity index (χ0) is 34.4. The highest BCUT2D eigenvalue weighted by atomic mass is 35.5. The largest absolute Gasteiger partial charge is 0.493 e. The summed E-state index contributed by atoms with van der Waals surface area (Å²) in [6, 6.07) is 12.4. The molecule has 8 bridgehead atoms. The molecule has 0 spiro atoms. The number of hydrogen-bond acceptors (Lipinski definition) is 8. The van der Waals surface area contributed by atoms with Crippen LogP contribution in [0.5, 0.6) is 5.75 Å². The minimum Gasteiger partial charge on any atom is -0.493 e. The van der Waals surface area contributed by atoms with Crippen LogP contribution >= 0.6 is 34.7 Å². The number of rotatable bonds is 3. The smallest absolute Gasteiger partial charge is 0.352 e. The zero-order valence-corrected chi connectivity index (χ0v) is 29.7. The molecule has 3 N–H and O–H groups in total. The molecule has 4 heterocycles. The lowest BCUT2D eigenvalue weighted by atomic mass is 9.98. The van der Waals surface area contributed by atoms with E-state index in [-0.39, 0.29) is 18.1 Å². The number of hydrogen-bond donors (Lipinski definition) is 3. The van der Waals surface area contributed by atoms with E-state index in [1.54, 1.807) is 45.5 Å². The number of halogens is 2. The highest BCUT2D eigenvalue weighted by Crippen LogP contribution is 2.42. The first-order valence-electron chi connectivity index (χ1n) is 16.0. The van der Waals surface area contributed by atoms with Gasteiger partial charge < -0.3 is 24.8 Å². The van der Waals surface area contributed by atoms with Crippen molar-refractivity contribution in [3.63, 3.8) is 0 Å². The van der Waals surface area contributed by atoms with Crippen LogP contribution in [-0.2, 0) is 38.9 Å². The van der Waals surface area contributed by atoms with Gasteiger partial charge in [0, 0.05) is 57.6 Å². The number of aliphatic hydroxyl groups is 1. The summed E-state index contributed by atoms with van der Waals surface area (Å²) in [4.78, 5) is 19.7. The van der Waals surface area contributed by atoms with Crippen LogP contribution in [0.4, 0.5) is 4.39 Å². The number of thioether (sulfide) groups is 1.